The van der Waals surface area contributed by atoms with Crippen LogP contribution in [-0.2, 0) is 0 Å². The van der Waals surface area contributed by atoms with E-state index in [0.29, 0.717) is 11.7 Å². The number of aromatic nitrogens is 2. The second kappa shape index (κ2) is 4.90. The second-order valence-corrected chi connectivity index (χ2v) is 5.51. The van der Waals surface area contributed by atoms with E-state index in [9.17, 15) is 0 Å². The summed E-state index contributed by atoms with van der Waals surface area (Å²) in [4.78, 5) is 6.88. The molecule has 0 amide bonds. The van der Waals surface area contributed by atoms with Crippen LogP contribution in [0.4, 0.5) is 5.69 Å². The number of hydrogen-bond donors (Lipinski definition) is 1. The SMILES string of the molecule is c1cc(N2CCNCC2)ccc1-c1noc(C2CC2)n1. The van der Waals surface area contributed by atoms with Crippen molar-refractivity contribution in [2.24, 2.45) is 0 Å². The number of benzene rings is 1. The Kier molecular flexibility index (Phi) is 2.92. The van der Waals surface area contributed by atoms with Gasteiger partial charge < -0.3 is 14.7 Å². The van der Waals surface area contributed by atoms with Crippen molar-refractivity contribution in [1.82, 2.24) is 15.5 Å². The van der Waals surface area contributed by atoms with Crippen LogP contribution in [0.15, 0.2) is 28.8 Å². The highest BCUT2D eigenvalue weighted by atomic mass is 16.5. The van der Waals surface area contributed by atoms with Gasteiger partial charge in [0.05, 0.1) is 0 Å². The molecule has 1 aromatic carbocycles. The molecule has 20 heavy (non-hydrogen) atoms. The first-order valence-corrected chi connectivity index (χ1v) is 7.30. The van der Waals surface area contributed by atoms with Crippen LogP contribution in [0, 0.1) is 0 Å². The lowest BCUT2D eigenvalue weighted by Gasteiger charge is -2.29. The first-order valence-electron chi connectivity index (χ1n) is 7.30. The van der Waals surface area contributed by atoms with E-state index in [1.54, 1.807) is 0 Å². The van der Waals surface area contributed by atoms with Gasteiger partial charge in [0, 0.05) is 43.3 Å². The Balaban J connectivity index is 1.53. The van der Waals surface area contributed by atoms with Crippen LogP contribution in [0.1, 0.15) is 24.7 Å². The van der Waals surface area contributed by atoms with Gasteiger partial charge in [0.2, 0.25) is 11.7 Å². The maximum atomic E-state index is 5.31. The first kappa shape index (κ1) is 11.9. The van der Waals surface area contributed by atoms with Crippen molar-refractivity contribution in [2.45, 2.75) is 18.8 Å². The lowest BCUT2D eigenvalue weighted by Crippen LogP contribution is -2.43. The zero-order valence-corrected chi connectivity index (χ0v) is 11.4. The van der Waals surface area contributed by atoms with E-state index in [0.717, 1.165) is 37.6 Å². The maximum absolute atomic E-state index is 5.31. The van der Waals surface area contributed by atoms with Crippen molar-refractivity contribution in [3.8, 4) is 11.4 Å². The van der Waals surface area contributed by atoms with E-state index in [2.05, 4.69) is 44.6 Å². The summed E-state index contributed by atoms with van der Waals surface area (Å²) in [6.45, 7) is 4.23. The summed E-state index contributed by atoms with van der Waals surface area (Å²) in [6.07, 6.45) is 2.37. The summed E-state index contributed by atoms with van der Waals surface area (Å²) in [7, 11) is 0. The highest BCUT2D eigenvalue weighted by Crippen LogP contribution is 2.39. The molecule has 2 heterocycles. The van der Waals surface area contributed by atoms with Crippen LogP contribution in [0.25, 0.3) is 11.4 Å². The van der Waals surface area contributed by atoms with Crippen molar-refractivity contribution in [3.05, 3.63) is 30.2 Å². The van der Waals surface area contributed by atoms with Gasteiger partial charge in [0.1, 0.15) is 0 Å². The molecule has 1 saturated heterocycles. The Morgan fingerprint density at radius 2 is 1.85 bits per heavy atom. The van der Waals surface area contributed by atoms with E-state index in [-0.39, 0.29) is 0 Å². The molecule has 5 nitrogen and oxygen atoms in total. The van der Waals surface area contributed by atoms with Crippen molar-refractivity contribution in [3.63, 3.8) is 0 Å². The van der Waals surface area contributed by atoms with Gasteiger partial charge in [-0.1, -0.05) is 5.16 Å². The minimum atomic E-state index is 0.511. The van der Waals surface area contributed by atoms with Crippen molar-refractivity contribution in [2.75, 3.05) is 31.1 Å². The molecule has 1 aliphatic heterocycles. The van der Waals surface area contributed by atoms with Crippen LogP contribution in [0.2, 0.25) is 0 Å². The van der Waals surface area contributed by atoms with Gasteiger partial charge in [-0.15, -0.1) is 0 Å². The van der Waals surface area contributed by atoms with E-state index in [1.165, 1.54) is 18.5 Å². The third-order valence-electron chi connectivity index (χ3n) is 3.98. The molecule has 1 aliphatic carbocycles. The quantitative estimate of drug-likeness (QED) is 0.924. The van der Waals surface area contributed by atoms with Crippen LogP contribution < -0.4 is 10.2 Å². The molecule has 0 atom stereocenters. The summed E-state index contributed by atoms with van der Waals surface area (Å²) in [6, 6.07) is 8.46. The lowest BCUT2D eigenvalue weighted by molar-refractivity contribution is 0.380. The predicted octanol–water partition coefficient (Wildman–Crippen LogP) is 2.02. The Morgan fingerprint density at radius 3 is 2.55 bits per heavy atom. The van der Waals surface area contributed by atoms with Crippen LogP contribution in [0.5, 0.6) is 0 Å². The van der Waals surface area contributed by atoms with Crippen molar-refractivity contribution >= 4 is 5.69 Å². The Hall–Kier alpha value is -1.88. The van der Waals surface area contributed by atoms with Gasteiger partial charge in [0.15, 0.2) is 0 Å². The molecule has 1 N–H and O–H groups in total. The third-order valence-corrected chi connectivity index (χ3v) is 3.98. The molecule has 1 saturated carbocycles. The molecule has 0 unspecified atom stereocenters. The number of rotatable bonds is 3. The summed E-state index contributed by atoms with van der Waals surface area (Å²) < 4.78 is 5.31. The zero-order valence-electron chi connectivity index (χ0n) is 11.4. The Morgan fingerprint density at radius 1 is 1.10 bits per heavy atom. The molecule has 2 aromatic rings. The summed E-state index contributed by atoms with van der Waals surface area (Å²) in [5.74, 6) is 2.02. The van der Waals surface area contributed by atoms with Gasteiger partial charge in [-0.05, 0) is 37.1 Å². The topological polar surface area (TPSA) is 54.2 Å². The molecule has 0 bridgehead atoms. The molecule has 2 fully saturated rings. The fraction of sp³-hybridized carbons (Fsp3) is 0.467. The molecule has 1 aromatic heterocycles. The van der Waals surface area contributed by atoms with Crippen LogP contribution in [0.3, 0.4) is 0 Å². The third kappa shape index (κ3) is 2.29. The van der Waals surface area contributed by atoms with Gasteiger partial charge >= 0.3 is 0 Å². The maximum Gasteiger partial charge on any atom is 0.230 e. The number of piperazine rings is 1. The van der Waals surface area contributed by atoms with Gasteiger partial charge in [0.25, 0.3) is 0 Å². The number of anilines is 1. The number of nitrogens with zero attached hydrogens (tertiary/aromatic N) is 3. The smallest absolute Gasteiger partial charge is 0.230 e. The van der Waals surface area contributed by atoms with Crippen LogP contribution >= 0.6 is 0 Å². The average molecular weight is 270 g/mol. The van der Waals surface area contributed by atoms with E-state index < -0.39 is 0 Å². The largest absolute Gasteiger partial charge is 0.369 e. The summed E-state index contributed by atoms with van der Waals surface area (Å²) >= 11 is 0. The average Bonchev–Trinajstić information content (AvgIpc) is 3.26. The van der Waals surface area contributed by atoms with E-state index in [1.807, 2.05) is 0 Å². The minimum Gasteiger partial charge on any atom is -0.369 e. The first-order chi connectivity index (χ1) is 9.90. The molecule has 0 radical (unpaired) electrons. The van der Waals surface area contributed by atoms with E-state index >= 15 is 0 Å². The molecule has 5 heteroatoms. The lowest BCUT2D eigenvalue weighted by atomic mass is 10.1. The molecule has 2 aliphatic rings. The predicted molar refractivity (Wildman–Crippen MR) is 76.8 cm³/mol. The highest BCUT2D eigenvalue weighted by molar-refractivity contribution is 5.60. The Labute approximate surface area is 118 Å². The molecule has 4 rings (SSSR count). The van der Waals surface area contributed by atoms with Crippen molar-refractivity contribution in [1.29, 1.82) is 0 Å². The Bertz CT molecular complexity index is 582. The monoisotopic (exact) mass is 270 g/mol. The summed E-state index contributed by atoms with van der Waals surface area (Å²) in [5.41, 5.74) is 2.29. The minimum absolute atomic E-state index is 0.511. The van der Waals surface area contributed by atoms with E-state index in [4.69, 9.17) is 4.52 Å². The van der Waals surface area contributed by atoms with Gasteiger partial charge in [-0.3, -0.25) is 0 Å². The van der Waals surface area contributed by atoms with Crippen molar-refractivity contribution < 1.29 is 4.52 Å². The highest BCUT2D eigenvalue weighted by Gasteiger charge is 2.29. The summed E-state index contributed by atoms with van der Waals surface area (Å²) in [5, 5.41) is 7.45. The fourth-order valence-corrected chi connectivity index (χ4v) is 2.59. The number of hydrogen-bond acceptors (Lipinski definition) is 5. The van der Waals surface area contributed by atoms with Gasteiger partial charge in [-0.25, -0.2) is 0 Å². The fourth-order valence-electron chi connectivity index (χ4n) is 2.59. The molecule has 0 spiro atoms. The molecular weight excluding hydrogens is 252 g/mol. The standard InChI is InChI=1S/C15H18N4O/c1-2-12(1)15-17-14(18-20-15)11-3-5-13(6-4-11)19-9-7-16-8-10-19/h3-6,12,16H,1-2,7-10H2. The normalized spacial score (nSPS) is 19.3. The zero-order chi connectivity index (χ0) is 13.4. The van der Waals surface area contributed by atoms with Crippen LogP contribution in [-0.4, -0.2) is 36.3 Å². The molecular formula is C15H18N4O. The number of nitrogens with one attached hydrogen (secondary N) is 1. The van der Waals surface area contributed by atoms with Gasteiger partial charge in [-0.2, -0.15) is 4.98 Å². The second-order valence-electron chi connectivity index (χ2n) is 5.51. The molecule has 104 valence electrons.